The highest BCUT2D eigenvalue weighted by molar-refractivity contribution is 7.85. The number of benzene rings is 2. The molecule has 6 heteroatoms. The SMILES string of the molecule is C[C@H]1C(=O)N(CC(=O)NCCCCCCc2ccccc2)[C@@H]1S(=O)Cc1ccccc1. The molecule has 0 saturated carbocycles. The largest absolute Gasteiger partial charge is 0.355 e. The number of unbranched alkanes of at least 4 members (excludes halogenated alkanes) is 3. The molecule has 166 valence electrons. The first-order chi connectivity index (χ1) is 15.1. The molecule has 1 aliphatic rings. The van der Waals surface area contributed by atoms with Crippen molar-refractivity contribution in [1.82, 2.24) is 10.2 Å². The fraction of sp³-hybridized carbons (Fsp3) is 0.440. The third-order valence-corrected chi connectivity index (χ3v) is 7.52. The summed E-state index contributed by atoms with van der Waals surface area (Å²) in [6, 6.07) is 20.1. The zero-order chi connectivity index (χ0) is 22.1. The summed E-state index contributed by atoms with van der Waals surface area (Å²) >= 11 is 0. The van der Waals surface area contributed by atoms with Crippen LogP contribution in [-0.2, 0) is 32.6 Å². The smallest absolute Gasteiger partial charge is 0.239 e. The normalized spacial score (nSPS) is 19.0. The number of rotatable bonds is 12. The highest BCUT2D eigenvalue weighted by atomic mass is 32.2. The molecule has 1 N–H and O–H groups in total. The molecule has 0 spiro atoms. The van der Waals surface area contributed by atoms with E-state index in [1.807, 2.05) is 36.4 Å². The minimum atomic E-state index is -1.23. The van der Waals surface area contributed by atoms with Gasteiger partial charge in [-0.2, -0.15) is 0 Å². The molecule has 1 unspecified atom stereocenters. The van der Waals surface area contributed by atoms with Gasteiger partial charge in [-0.15, -0.1) is 0 Å². The lowest BCUT2D eigenvalue weighted by atomic mass is 10.0. The number of nitrogens with one attached hydrogen (secondary N) is 1. The maximum absolute atomic E-state index is 12.8. The van der Waals surface area contributed by atoms with Gasteiger partial charge in [-0.1, -0.05) is 80.4 Å². The van der Waals surface area contributed by atoms with Gasteiger partial charge in [0.25, 0.3) is 0 Å². The van der Waals surface area contributed by atoms with Crippen molar-refractivity contribution in [3.8, 4) is 0 Å². The summed E-state index contributed by atoms with van der Waals surface area (Å²) in [5.41, 5.74) is 2.34. The Morgan fingerprint density at radius 2 is 1.55 bits per heavy atom. The number of carbonyl (C=O) groups excluding carboxylic acids is 2. The standard InChI is InChI=1S/C25H32N2O3S/c1-20-24(29)27(25(20)31(30)19-22-15-9-5-10-16-22)18-23(28)26-17-11-3-2-6-12-21-13-7-4-8-14-21/h4-5,7-10,13-16,20,25H,2-3,6,11-12,17-19H2,1H3,(H,26,28)/t20-,25+,31?/m0/s1. The molecule has 3 atom stereocenters. The van der Waals surface area contributed by atoms with Gasteiger partial charge in [-0.05, 0) is 30.4 Å². The number of amides is 2. The minimum absolute atomic E-state index is 0.0115. The van der Waals surface area contributed by atoms with Gasteiger partial charge >= 0.3 is 0 Å². The Morgan fingerprint density at radius 3 is 2.23 bits per heavy atom. The number of nitrogens with zero attached hydrogens (tertiary/aromatic N) is 1. The highest BCUT2D eigenvalue weighted by Crippen LogP contribution is 2.30. The topological polar surface area (TPSA) is 66.5 Å². The van der Waals surface area contributed by atoms with E-state index in [-0.39, 0.29) is 24.3 Å². The van der Waals surface area contributed by atoms with Gasteiger partial charge in [-0.25, -0.2) is 0 Å². The molecule has 1 fully saturated rings. The van der Waals surface area contributed by atoms with E-state index in [9.17, 15) is 13.8 Å². The number of aryl methyl sites for hydroxylation is 1. The molecule has 0 bridgehead atoms. The predicted octanol–water partition coefficient (Wildman–Crippen LogP) is 3.66. The molecule has 3 rings (SSSR count). The van der Waals surface area contributed by atoms with Crippen LogP contribution < -0.4 is 5.32 Å². The van der Waals surface area contributed by atoms with E-state index in [4.69, 9.17) is 0 Å². The van der Waals surface area contributed by atoms with Crippen LogP contribution in [0.15, 0.2) is 60.7 Å². The maximum atomic E-state index is 12.8. The van der Waals surface area contributed by atoms with Crippen molar-refractivity contribution in [2.75, 3.05) is 13.1 Å². The van der Waals surface area contributed by atoms with Crippen molar-refractivity contribution in [2.45, 2.75) is 50.2 Å². The van der Waals surface area contributed by atoms with E-state index in [0.29, 0.717) is 12.3 Å². The van der Waals surface area contributed by atoms with Crippen LogP contribution >= 0.6 is 0 Å². The number of hydrogen-bond acceptors (Lipinski definition) is 3. The summed E-state index contributed by atoms with van der Waals surface area (Å²) in [6.07, 6.45) is 5.36. The van der Waals surface area contributed by atoms with Crippen LogP contribution in [0.5, 0.6) is 0 Å². The van der Waals surface area contributed by atoms with E-state index < -0.39 is 16.2 Å². The minimum Gasteiger partial charge on any atom is -0.355 e. The zero-order valence-electron chi connectivity index (χ0n) is 18.2. The average Bonchev–Trinajstić information content (AvgIpc) is 2.79. The Balaban J connectivity index is 1.33. The summed E-state index contributed by atoms with van der Waals surface area (Å²) in [5, 5.41) is 2.51. The summed E-state index contributed by atoms with van der Waals surface area (Å²) in [6.45, 7) is 2.39. The van der Waals surface area contributed by atoms with Crippen LogP contribution in [-0.4, -0.2) is 39.4 Å². The van der Waals surface area contributed by atoms with Gasteiger partial charge in [0, 0.05) is 17.3 Å². The fourth-order valence-electron chi connectivity index (χ4n) is 3.95. The molecule has 2 amide bonds. The maximum Gasteiger partial charge on any atom is 0.239 e. The van der Waals surface area contributed by atoms with Crippen LogP contribution in [0.4, 0.5) is 0 Å². The Kier molecular flexibility index (Phi) is 8.83. The second-order valence-electron chi connectivity index (χ2n) is 8.16. The van der Waals surface area contributed by atoms with E-state index in [0.717, 1.165) is 37.7 Å². The van der Waals surface area contributed by atoms with E-state index in [1.165, 1.54) is 10.5 Å². The first-order valence-corrected chi connectivity index (χ1v) is 12.5. The molecule has 0 aliphatic carbocycles. The Morgan fingerprint density at radius 1 is 0.935 bits per heavy atom. The van der Waals surface area contributed by atoms with E-state index in [2.05, 4.69) is 29.6 Å². The van der Waals surface area contributed by atoms with Crippen LogP contribution in [0.1, 0.15) is 43.7 Å². The van der Waals surface area contributed by atoms with Crippen molar-refractivity contribution in [3.63, 3.8) is 0 Å². The molecule has 2 aromatic rings. The molecule has 1 heterocycles. The van der Waals surface area contributed by atoms with E-state index >= 15 is 0 Å². The molecule has 5 nitrogen and oxygen atoms in total. The van der Waals surface area contributed by atoms with E-state index in [1.54, 1.807) is 6.92 Å². The molecule has 1 saturated heterocycles. The first kappa shape index (κ1) is 23.2. The van der Waals surface area contributed by atoms with Crippen LogP contribution in [0.3, 0.4) is 0 Å². The number of β-lactam (4-membered cyclic amide) rings is 1. The quantitative estimate of drug-likeness (QED) is 0.405. The van der Waals surface area contributed by atoms with Crippen molar-refractivity contribution < 1.29 is 13.8 Å². The lowest BCUT2D eigenvalue weighted by molar-refractivity contribution is -0.152. The van der Waals surface area contributed by atoms with Gasteiger partial charge in [0.2, 0.25) is 11.8 Å². The van der Waals surface area contributed by atoms with Gasteiger partial charge < -0.3 is 10.2 Å². The third-order valence-electron chi connectivity index (χ3n) is 5.70. The van der Waals surface area contributed by atoms with Crippen molar-refractivity contribution in [1.29, 1.82) is 0 Å². The molecule has 31 heavy (non-hydrogen) atoms. The number of hydrogen-bond donors (Lipinski definition) is 1. The van der Waals surface area contributed by atoms with Crippen LogP contribution in [0.25, 0.3) is 0 Å². The molecule has 0 radical (unpaired) electrons. The van der Waals surface area contributed by atoms with Gasteiger partial charge in [0.15, 0.2) is 0 Å². The summed E-state index contributed by atoms with van der Waals surface area (Å²) in [5.74, 6) is -0.180. The predicted molar refractivity (Wildman–Crippen MR) is 125 cm³/mol. The Bertz CT molecular complexity index is 873. The van der Waals surface area contributed by atoms with Crippen molar-refractivity contribution >= 4 is 22.6 Å². The monoisotopic (exact) mass is 440 g/mol. The molecule has 2 aromatic carbocycles. The summed E-state index contributed by atoms with van der Waals surface area (Å²) < 4.78 is 12.8. The molecular formula is C25H32N2O3S. The summed E-state index contributed by atoms with van der Waals surface area (Å²) in [7, 11) is -1.23. The van der Waals surface area contributed by atoms with Gasteiger partial charge in [-0.3, -0.25) is 13.8 Å². The highest BCUT2D eigenvalue weighted by Gasteiger charge is 2.48. The molecular weight excluding hydrogens is 408 g/mol. The zero-order valence-corrected chi connectivity index (χ0v) is 19.0. The lowest BCUT2D eigenvalue weighted by Crippen LogP contribution is -2.63. The van der Waals surface area contributed by atoms with Crippen molar-refractivity contribution in [3.05, 3.63) is 71.8 Å². The number of likely N-dealkylation sites (tertiary alicyclic amines) is 1. The van der Waals surface area contributed by atoms with Gasteiger partial charge in [0.05, 0.1) is 11.7 Å². The number of carbonyl (C=O) groups is 2. The second-order valence-corrected chi connectivity index (χ2v) is 9.69. The lowest BCUT2D eigenvalue weighted by Gasteiger charge is -2.44. The molecule has 1 aliphatic heterocycles. The Labute approximate surface area is 187 Å². The summed E-state index contributed by atoms with van der Waals surface area (Å²) in [4.78, 5) is 26.0. The second kappa shape index (κ2) is 11.8. The van der Waals surface area contributed by atoms with Crippen LogP contribution in [0, 0.1) is 5.92 Å². The fourth-order valence-corrected chi connectivity index (χ4v) is 5.67. The average molecular weight is 441 g/mol. The Hall–Kier alpha value is -2.47. The van der Waals surface area contributed by atoms with Crippen molar-refractivity contribution in [2.24, 2.45) is 5.92 Å². The third kappa shape index (κ3) is 6.76. The first-order valence-electron chi connectivity index (χ1n) is 11.1. The van der Waals surface area contributed by atoms with Gasteiger partial charge in [0.1, 0.15) is 11.9 Å². The molecule has 0 aromatic heterocycles. The van der Waals surface area contributed by atoms with Crippen LogP contribution in [0.2, 0.25) is 0 Å².